The summed E-state index contributed by atoms with van der Waals surface area (Å²) in [5, 5.41) is 9.48. The minimum absolute atomic E-state index is 0.0324. The van der Waals surface area contributed by atoms with E-state index in [-0.39, 0.29) is 6.10 Å². The van der Waals surface area contributed by atoms with Crippen LogP contribution < -0.4 is 0 Å². The summed E-state index contributed by atoms with van der Waals surface area (Å²) in [6.45, 7) is 0. The fourth-order valence-electron chi connectivity index (χ4n) is 2.70. The zero-order valence-electron chi connectivity index (χ0n) is 5.20. The van der Waals surface area contributed by atoms with E-state index in [1.165, 1.54) is 6.42 Å². The maximum absolute atomic E-state index is 9.48. The summed E-state index contributed by atoms with van der Waals surface area (Å²) in [7, 11) is 0. The fourth-order valence-corrected chi connectivity index (χ4v) is 2.70. The average Bonchev–Trinajstić information content (AvgIpc) is 2.52. The minimum Gasteiger partial charge on any atom is -0.392 e. The molecule has 1 nitrogen and oxygen atoms in total. The summed E-state index contributed by atoms with van der Waals surface area (Å²) >= 11 is 0. The molecule has 1 heteroatoms. The summed E-state index contributed by atoms with van der Waals surface area (Å²) < 4.78 is 0. The molecule has 0 amide bonds. The van der Waals surface area contributed by atoms with Gasteiger partial charge in [0.2, 0.25) is 0 Å². The van der Waals surface area contributed by atoms with E-state index in [1.54, 1.807) is 0 Å². The average molecular weight is 122 g/mol. The first-order chi connectivity index (χ1) is 4.38. The monoisotopic (exact) mass is 122 g/mol. The van der Waals surface area contributed by atoms with Gasteiger partial charge in [-0.05, 0) is 24.2 Å². The van der Waals surface area contributed by atoms with Crippen molar-refractivity contribution in [3.8, 4) is 0 Å². The number of rotatable bonds is 0. The lowest BCUT2D eigenvalue weighted by atomic mass is 9.91. The smallest absolute Gasteiger partial charge is 0.0639 e. The molecule has 0 aliphatic heterocycles. The van der Waals surface area contributed by atoms with E-state index in [4.69, 9.17) is 0 Å². The molecular weight excluding hydrogens is 112 g/mol. The third kappa shape index (κ3) is 0.351. The van der Waals surface area contributed by atoms with Crippen LogP contribution in [0.5, 0.6) is 0 Å². The van der Waals surface area contributed by atoms with Crippen molar-refractivity contribution in [1.82, 2.24) is 0 Å². The van der Waals surface area contributed by atoms with E-state index in [9.17, 15) is 5.11 Å². The molecule has 0 aromatic carbocycles. The van der Waals surface area contributed by atoms with E-state index >= 15 is 0 Å². The summed E-state index contributed by atoms with van der Waals surface area (Å²) in [5.74, 6) is 2.88. The molecule has 0 spiro atoms. The molecule has 0 saturated heterocycles. The number of aliphatic hydroxyl groups excluding tert-OH is 1. The van der Waals surface area contributed by atoms with Gasteiger partial charge < -0.3 is 5.11 Å². The van der Waals surface area contributed by atoms with Crippen LogP contribution in [0, 0.1) is 23.7 Å². The highest BCUT2D eigenvalue weighted by Crippen LogP contribution is 2.63. The molecule has 48 valence electrons. The second kappa shape index (κ2) is 1.10. The van der Waals surface area contributed by atoms with Crippen molar-refractivity contribution >= 4 is 0 Å². The molecule has 2 saturated carbocycles. The van der Waals surface area contributed by atoms with E-state index < -0.39 is 0 Å². The Morgan fingerprint density at radius 1 is 1.33 bits per heavy atom. The van der Waals surface area contributed by atoms with Crippen molar-refractivity contribution in [1.29, 1.82) is 0 Å². The van der Waals surface area contributed by atoms with Crippen LogP contribution in [0.15, 0.2) is 12.2 Å². The Bertz CT molecular complexity index is 185. The summed E-state index contributed by atoms with van der Waals surface area (Å²) in [5.41, 5.74) is 0. The lowest BCUT2D eigenvalue weighted by Crippen LogP contribution is -2.20. The van der Waals surface area contributed by atoms with Crippen LogP contribution in [-0.2, 0) is 0 Å². The first kappa shape index (κ1) is 4.51. The van der Waals surface area contributed by atoms with Gasteiger partial charge in [0.1, 0.15) is 0 Å². The Morgan fingerprint density at radius 3 is 2.56 bits per heavy atom. The molecule has 4 bridgehead atoms. The van der Waals surface area contributed by atoms with Crippen molar-refractivity contribution in [2.24, 2.45) is 23.7 Å². The largest absolute Gasteiger partial charge is 0.392 e. The van der Waals surface area contributed by atoms with Gasteiger partial charge in [0.15, 0.2) is 0 Å². The van der Waals surface area contributed by atoms with Gasteiger partial charge in [-0.2, -0.15) is 0 Å². The maximum Gasteiger partial charge on any atom is 0.0639 e. The van der Waals surface area contributed by atoms with E-state index in [0.717, 1.165) is 11.8 Å². The van der Waals surface area contributed by atoms with Crippen LogP contribution in [-0.4, -0.2) is 11.2 Å². The Morgan fingerprint density at radius 2 is 2.22 bits per heavy atom. The lowest BCUT2D eigenvalue weighted by Gasteiger charge is -2.19. The van der Waals surface area contributed by atoms with Gasteiger partial charge in [-0.15, -0.1) is 0 Å². The molecule has 5 atom stereocenters. The fraction of sp³-hybridized carbons (Fsp3) is 0.750. The zero-order chi connectivity index (χ0) is 6.01. The minimum atomic E-state index is 0.0324. The molecule has 1 N–H and O–H groups in total. The maximum atomic E-state index is 9.48. The van der Waals surface area contributed by atoms with Crippen molar-refractivity contribution in [2.75, 3.05) is 0 Å². The second-order valence-electron chi connectivity index (χ2n) is 3.59. The molecule has 9 heavy (non-hydrogen) atoms. The van der Waals surface area contributed by atoms with Gasteiger partial charge >= 0.3 is 0 Å². The van der Waals surface area contributed by atoms with Gasteiger partial charge in [-0.25, -0.2) is 0 Å². The van der Waals surface area contributed by atoms with Crippen LogP contribution in [0.25, 0.3) is 0 Å². The van der Waals surface area contributed by atoms with Gasteiger partial charge in [-0.3, -0.25) is 0 Å². The van der Waals surface area contributed by atoms with Crippen LogP contribution in [0.1, 0.15) is 6.42 Å². The lowest BCUT2D eigenvalue weighted by molar-refractivity contribution is 0.117. The molecule has 4 aliphatic rings. The number of allylic oxidation sites excluding steroid dienone is 1. The van der Waals surface area contributed by atoms with Crippen LogP contribution >= 0.6 is 0 Å². The molecule has 0 radical (unpaired) electrons. The summed E-state index contributed by atoms with van der Waals surface area (Å²) in [4.78, 5) is 0. The summed E-state index contributed by atoms with van der Waals surface area (Å²) in [6.07, 6.45) is 5.81. The standard InChI is InChI=1S/C8H10O/c9-8-4-1-2-5-6(3-4)7(5)8/h1-2,4-9H,3H2/t4-,5+,6-,7+,8?/m0/s1. The molecule has 0 aromatic heterocycles. The molecular formula is C8H10O. The predicted octanol–water partition coefficient (Wildman–Crippen LogP) is 0.799. The van der Waals surface area contributed by atoms with Crippen molar-refractivity contribution in [2.45, 2.75) is 12.5 Å². The number of hydrogen-bond acceptors (Lipinski definition) is 1. The first-order valence-electron chi connectivity index (χ1n) is 3.74. The Balaban J connectivity index is 2.11. The summed E-state index contributed by atoms with van der Waals surface area (Å²) in [6, 6.07) is 0. The Hall–Kier alpha value is -0.300. The molecule has 0 aromatic rings. The molecule has 4 aliphatic carbocycles. The number of aliphatic hydroxyl groups is 1. The Labute approximate surface area is 54.4 Å². The van der Waals surface area contributed by atoms with Crippen LogP contribution in [0.4, 0.5) is 0 Å². The van der Waals surface area contributed by atoms with Crippen molar-refractivity contribution < 1.29 is 5.11 Å². The van der Waals surface area contributed by atoms with Gasteiger partial charge in [0, 0.05) is 5.92 Å². The van der Waals surface area contributed by atoms with Crippen LogP contribution in [0.3, 0.4) is 0 Å². The van der Waals surface area contributed by atoms with Crippen molar-refractivity contribution in [3.63, 3.8) is 0 Å². The zero-order valence-corrected chi connectivity index (χ0v) is 5.20. The Kier molecular flexibility index (Phi) is 0.552. The third-order valence-corrected chi connectivity index (χ3v) is 3.25. The van der Waals surface area contributed by atoms with Gasteiger partial charge in [-0.1, -0.05) is 12.2 Å². The normalized spacial score (nSPS) is 66.6. The van der Waals surface area contributed by atoms with Crippen molar-refractivity contribution in [3.05, 3.63) is 12.2 Å². The number of hydrogen-bond donors (Lipinski definition) is 1. The topological polar surface area (TPSA) is 20.2 Å². The third-order valence-electron chi connectivity index (χ3n) is 3.25. The molecule has 0 heterocycles. The highest BCUT2D eigenvalue weighted by Gasteiger charge is 2.61. The van der Waals surface area contributed by atoms with Crippen LogP contribution in [0.2, 0.25) is 0 Å². The predicted molar refractivity (Wildman–Crippen MR) is 33.7 cm³/mol. The van der Waals surface area contributed by atoms with E-state index in [1.807, 2.05) is 0 Å². The molecule has 4 rings (SSSR count). The van der Waals surface area contributed by atoms with Gasteiger partial charge in [0.25, 0.3) is 0 Å². The molecule has 2 fully saturated rings. The van der Waals surface area contributed by atoms with E-state index in [0.29, 0.717) is 11.8 Å². The molecule has 1 unspecified atom stereocenters. The van der Waals surface area contributed by atoms with Gasteiger partial charge in [0.05, 0.1) is 6.10 Å². The highest BCUT2D eigenvalue weighted by atomic mass is 16.3. The first-order valence-corrected chi connectivity index (χ1v) is 3.74. The second-order valence-corrected chi connectivity index (χ2v) is 3.59. The van der Waals surface area contributed by atoms with E-state index in [2.05, 4.69) is 12.2 Å². The quantitative estimate of drug-likeness (QED) is 0.471. The highest BCUT2D eigenvalue weighted by molar-refractivity contribution is 5.24. The SMILES string of the molecule is OC1[C@@H]2[C@@H]3C=C[C@H]1C[C@@H]32.